The summed E-state index contributed by atoms with van der Waals surface area (Å²) in [6, 6.07) is 9.95. The van der Waals surface area contributed by atoms with Crippen molar-refractivity contribution in [3.05, 3.63) is 48.4 Å². The Morgan fingerprint density at radius 1 is 1.22 bits per heavy atom. The summed E-state index contributed by atoms with van der Waals surface area (Å²) < 4.78 is 1.79. The van der Waals surface area contributed by atoms with Gasteiger partial charge < -0.3 is 0 Å². The average molecular weight is 303 g/mol. The Labute approximate surface area is 113 Å². The summed E-state index contributed by atoms with van der Waals surface area (Å²) in [7, 11) is 0. The van der Waals surface area contributed by atoms with Gasteiger partial charge in [0.2, 0.25) is 0 Å². The molecule has 0 saturated carbocycles. The summed E-state index contributed by atoms with van der Waals surface area (Å²) >= 11 is 3.49. The van der Waals surface area contributed by atoms with Crippen LogP contribution in [-0.4, -0.2) is 20.0 Å². The van der Waals surface area contributed by atoms with Crippen LogP contribution >= 0.6 is 15.9 Å². The molecule has 3 rings (SSSR count). The fraction of sp³-hybridized carbons (Fsp3) is 0.154. The lowest BCUT2D eigenvalue weighted by atomic mass is 10.2. The molecule has 0 bridgehead atoms. The topological polar surface area (TPSA) is 43.6 Å². The molecule has 0 aliphatic carbocycles. The van der Waals surface area contributed by atoms with Gasteiger partial charge in [0.1, 0.15) is 0 Å². The number of nitrogens with zero attached hydrogens (tertiary/aromatic N) is 4. The Morgan fingerprint density at radius 2 is 2.11 bits per heavy atom. The summed E-state index contributed by atoms with van der Waals surface area (Å²) in [6.07, 6.45) is 3.72. The minimum absolute atomic E-state index is 0.194. The highest BCUT2D eigenvalue weighted by Crippen LogP contribution is 2.23. The van der Waals surface area contributed by atoms with E-state index in [9.17, 15) is 0 Å². The molecular weight excluding hydrogens is 292 g/mol. The van der Waals surface area contributed by atoms with Crippen LogP contribution in [0.1, 0.15) is 17.4 Å². The summed E-state index contributed by atoms with van der Waals surface area (Å²) in [5.41, 5.74) is 2.86. The zero-order valence-corrected chi connectivity index (χ0v) is 11.4. The number of aromatic nitrogens is 4. The maximum absolute atomic E-state index is 4.34. The highest BCUT2D eigenvalue weighted by Gasteiger charge is 2.09. The number of hydrogen-bond acceptors (Lipinski definition) is 3. The van der Waals surface area contributed by atoms with Gasteiger partial charge in [-0.05, 0) is 31.2 Å². The van der Waals surface area contributed by atoms with Crippen LogP contribution in [-0.2, 0) is 0 Å². The van der Waals surface area contributed by atoms with Crippen LogP contribution in [0.3, 0.4) is 0 Å². The van der Waals surface area contributed by atoms with Crippen molar-refractivity contribution < 1.29 is 0 Å². The van der Waals surface area contributed by atoms with E-state index in [-0.39, 0.29) is 4.83 Å². The Morgan fingerprint density at radius 3 is 2.89 bits per heavy atom. The molecule has 3 aromatic rings. The van der Waals surface area contributed by atoms with Gasteiger partial charge in [-0.3, -0.25) is 4.98 Å². The number of pyridine rings is 1. The van der Waals surface area contributed by atoms with Crippen LogP contribution in [0.2, 0.25) is 0 Å². The van der Waals surface area contributed by atoms with Crippen molar-refractivity contribution in [1.29, 1.82) is 0 Å². The Bertz CT molecular complexity index is 685. The van der Waals surface area contributed by atoms with Crippen molar-refractivity contribution in [2.75, 3.05) is 0 Å². The Hall–Kier alpha value is -1.75. The van der Waals surface area contributed by atoms with E-state index in [0.29, 0.717) is 0 Å². The number of hydrogen-bond donors (Lipinski definition) is 0. The first-order valence-corrected chi connectivity index (χ1v) is 6.58. The second-order valence-corrected chi connectivity index (χ2v) is 5.42. The lowest BCUT2D eigenvalue weighted by Crippen LogP contribution is -1.96. The Balaban J connectivity index is 2.18. The number of benzene rings is 1. The fourth-order valence-corrected chi connectivity index (χ4v) is 2.07. The summed E-state index contributed by atoms with van der Waals surface area (Å²) in [6.45, 7) is 2.03. The fourth-order valence-electron chi connectivity index (χ4n) is 1.86. The smallest absolute Gasteiger partial charge is 0.0965 e. The molecular formula is C13H11BrN4. The third-order valence-corrected chi connectivity index (χ3v) is 3.26. The van der Waals surface area contributed by atoms with Crippen molar-refractivity contribution in [1.82, 2.24) is 20.0 Å². The van der Waals surface area contributed by atoms with Gasteiger partial charge >= 0.3 is 0 Å². The normalized spacial score (nSPS) is 12.8. The first kappa shape index (κ1) is 11.3. The van der Waals surface area contributed by atoms with Gasteiger partial charge in [-0.25, -0.2) is 4.68 Å². The molecule has 1 unspecified atom stereocenters. The van der Waals surface area contributed by atoms with Gasteiger partial charge in [0, 0.05) is 11.6 Å². The molecule has 18 heavy (non-hydrogen) atoms. The number of fused-ring (bicyclic) bond motifs is 1. The van der Waals surface area contributed by atoms with Gasteiger partial charge in [0.25, 0.3) is 0 Å². The molecule has 0 radical (unpaired) electrons. The first-order valence-electron chi connectivity index (χ1n) is 5.66. The molecule has 0 amide bonds. The molecule has 0 spiro atoms. The predicted molar refractivity (Wildman–Crippen MR) is 74.0 cm³/mol. The van der Waals surface area contributed by atoms with E-state index in [4.69, 9.17) is 0 Å². The molecule has 2 aromatic heterocycles. The monoisotopic (exact) mass is 302 g/mol. The maximum Gasteiger partial charge on any atom is 0.0965 e. The number of halogens is 1. The third kappa shape index (κ3) is 1.90. The van der Waals surface area contributed by atoms with Crippen molar-refractivity contribution in [3.63, 3.8) is 0 Å². The minimum Gasteiger partial charge on any atom is -0.256 e. The zero-order chi connectivity index (χ0) is 12.5. The molecule has 1 atom stereocenters. The van der Waals surface area contributed by atoms with Gasteiger partial charge in [0.15, 0.2) is 0 Å². The summed E-state index contributed by atoms with van der Waals surface area (Å²) in [5, 5.41) is 9.38. The SMILES string of the molecule is CC(Br)c1cn(-c2cccc3ncccc23)nn1. The van der Waals surface area contributed by atoms with Crippen LogP contribution in [0.15, 0.2) is 42.7 Å². The highest BCUT2D eigenvalue weighted by atomic mass is 79.9. The third-order valence-electron chi connectivity index (χ3n) is 2.79. The van der Waals surface area contributed by atoms with Crippen LogP contribution in [0.25, 0.3) is 16.6 Å². The molecule has 0 aliphatic heterocycles. The molecule has 0 aliphatic rings. The quantitative estimate of drug-likeness (QED) is 0.682. The maximum atomic E-state index is 4.34. The second kappa shape index (κ2) is 4.49. The largest absolute Gasteiger partial charge is 0.256 e. The van der Waals surface area contributed by atoms with E-state index in [0.717, 1.165) is 22.3 Å². The molecule has 2 heterocycles. The molecule has 90 valence electrons. The van der Waals surface area contributed by atoms with Crippen LogP contribution in [0.4, 0.5) is 0 Å². The number of rotatable bonds is 2. The predicted octanol–water partition coefficient (Wildman–Crippen LogP) is 3.27. The van der Waals surface area contributed by atoms with Gasteiger partial charge in [-0.15, -0.1) is 5.10 Å². The summed E-state index contributed by atoms with van der Waals surface area (Å²) in [4.78, 5) is 4.53. The minimum atomic E-state index is 0.194. The van der Waals surface area contributed by atoms with Crippen molar-refractivity contribution in [2.24, 2.45) is 0 Å². The summed E-state index contributed by atoms with van der Waals surface area (Å²) in [5.74, 6) is 0. The second-order valence-electron chi connectivity index (χ2n) is 4.05. The van der Waals surface area contributed by atoms with Crippen molar-refractivity contribution >= 4 is 26.8 Å². The van der Waals surface area contributed by atoms with E-state index in [1.165, 1.54) is 0 Å². The molecule has 0 saturated heterocycles. The zero-order valence-electron chi connectivity index (χ0n) is 9.79. The number of alkyl halides is 1. The lowest BCUT2D eigenvalue weighted by molar-refractivity contribution is 0.802. The van der Waals surface area contributed by atoms with Crippen LogP contribution in [0.5, 0.6) is 0 Å². The van der Waals surface area contributed by atoms with Crippen LogP contribution < -0.4 is 0 Å². The Kier molecular flexibility index (Phi) is 2.83. The van der Waals surface area contributed by atoms with Gasteiger partial charge in [-0.1, -0.05) is 27.2 Å². The van der Waals surface area contributed by atoms with E-state index >= 15 is 0 Å². The van der Waals surface area contributed by atoms with E-state index in [1.807, 2.05) is 43.5 Å². The lowest BCUT2D eigenvalue weighted by Gasteiger charge is -2.04. The molecule has 1 aromatic carbocycles. The molecule has 5 heteroatoms. The van der Waals surface area contributed by atoms with Gasteiger partial charge in [-0.2, -0.15) is 0 Å². The van der Waals surface area contributed by atoms with Crippen molar-refractivity contribution in [2.45, 2.75) is 11.8 Å². The van der Waals surface area contributed by atoms with Crippen molar-refractivity contribution in [3.8, 4) is 5.69 Å². The van der Waals surface area contributed by atoms with E-state index in [2.05, 4.69) is 31.2 Å². The van der Waals surface area contributed by atoms with Crippen LogP contribution in [0, 0.1) is 0 Å². The van der Waals surface area contributed by atoms with E-state index in [1.54, 1.807) is 10.9 Å². The standard InChI is InChI=1S/C13H11BrN4/c1-9(14)12-8-18(17-16-12)13-6-2-5-11-10(13)4-3-7-15-11/h2-9H,1H3. The first-order chi connectivity index (χ1) is 8.75. The van der Waals surface area contributed by atoms with Gasteiger partial charge in [0.05, 0.1) is 27.9 Å². The molecule has 0 N–H and O–H groups in total. The highest BCUT2D eigenvalue weighted by molar-refractivity contribution is 9.09. The van der Waals surface area contributed by atoms with E-state index < -0.39 is 0 Å². The average Bonchev–Trinajstić information content (AvgIpc) is 2.87. The molecule has 0 fully saturated rings. The molecule has 4 nitrogen and oxygen atoms in total.